The van der Waals surface area contributed by atoms with Crippen molar-refractivity contribution in [3.63, 3.8) is 0 Å². The van der Waals surface area contributed by atoms with Crippen LogP contribution in [0.4, 0.5) is 11.6 Å². The highest BCUT2D eigenvalue weighted by molar-refractivity contribution is 9.10. The van der Waals surface area contributed by atoms with E-state index in [4.69, 9.17) is 0 Å². The van der Waals surface area contributed by atoms with E-state index in [9.17, 15) is 0 Å². The summed E-state index contributed by atoms with van der Waals surface area (Å²) < 4.78 is 1.01. The van der Waals surface area contributed by atoms with Gasteiger partial charge in [-0.1, -0.05) is 20.3 Å². The van der Waals surface area contributed by atoms with E-state index in [2.05, 4.69) is 50.0 Å². The lowest BCUT2D eigenvalue weighted by molar-refractivity contribution is 0.702. The van der Waals surface area contributed by atoms with Gasteiger partial charge in [-0.3, -0.25) is 0 Å². The third-order valence-corrected chi connectivity index (χ3v) is 4.06. The van der Waals surface area contributed by atoms with Gasteiger partial charge in [0.2, 0.25) is 0 Å². The Balaban J connectivity index is 2.16. The zero-order chi connectivity index (χ0) is 13.7. The van der Waals surface area contributed by atoms with E-state index in [1.54, 1.807) is 6.33 Å². The average Bonchev–Trinajstić information content (AvgIpc) is 3.24. The fourth-order valence-electron chi connectivity index (χ4n) is 2.10. The Labute approximate surface area is 124 Å². The highest BCUT2D eigenvalue weighted by atomic mass is 79.9. The molecule has 0 bridgehead atoms. The minimum atomic E-state index is 0.678. The van der Waals surface area contributed by atoms with E-state index < -0.39 is 0 Å². The number of unbranched alkanes of at least 4 members (excludes halogenated alkanes) is 1. The Hall–Kier alpha value is -0.840. The highest BCUT2D eigenvalue weighted by Crippen LogP contribution is 2.36. The Morgan fingerprint density at radius 1 is 1.32 bits per heavy atom. The number of hydrogen-bond donors (Lipinski definition) is 1. The second kappa shape index (κ2) is 7.08. The summed E-state index contributed by atoms with van der Waals surface area (Å²) in [6, 6.07) is 0.678. The molecule has 0 spiro atoms. The molecule has 0 radical (unpaired) electrons. The van der Waals surface area contributed by atoms with Crippen LogP contribution in [0, 0.1) is 0 Å². The van der Waals surface area contributed by atoms with Crippen LogP contribution in [0.2, 0.25) is 0 Å². The summed E-state index contributed by atoms with van der Waals surface area (Å²) in [4.78, 5) is 11.2. The molecule has 19 heavy (non-hydrogen) atoms. The van der Waals surface area contributed by atoms with Crippen molar-refractivity contribution in [3.05, 3.63) is 10.8 Å². The van der Waals surface area contributed by atoms with Gasteiger partial charge in [0, 0.05) is 19.1 Å². The molecule has 1 aliphatic rings. The van der Waals surface area contributed by atoms with E-state index in [-0.39, 0.29) is 0 Å². The molecule has 1 heterocycles. The molecule has 1 aromatic heterocycles. The Morgan fingerprint density at radius 2 is 2.11 bits per heavy atom. The molecule has 106 valence electrons. The van der Waals surface area contributed by atoms with Crippen LogP contribution in [0.1, 0.15) is 46.0 Å². The SMILES string of the molecule is CCCCN(c1ncnc(NCCC)c1Br)C1CC1. The molecule has 1 N–H and O–H groups in total. The number of hydrogen-bond acceptors (Lipinski definition) is 4. The van der Waals surface area contributed by atoms with Crippen molar-refractivity contribution in [2.24, 2.45) is 0 Å². The molecule has 1 aliphatic carbocycles. The number of nitrogens with one attached hydrogen (secondary N) is 1. The first-order chi connectivity index (χ1) is 9.27. The number of nitrogens with zero attached hydrogens (tertiary/aromatic N) is 3. The minimum Gasteiger partial charge on any atom is -0.369 e. The maximum absolute atomic E-state index is 4.49. The van der Waals surface area contributed by atoms with Crippen molar-refractivity contribution in [2.45, 2.75) is 52.0 Å². The van der Waals surface area contributed by atoms with Gasteiger partial charge >= 0.3 is 0 Å². The standard InChI is InChI=1S/C14H23BrN4/c1-3-5-9-19(11-6-7-11)14-12(15)13(16-8-4-2)17-10-18-14/h10-11H,3-9H2,1-2H3,(H,16,17,18). The number of anilines is 2. The first-order valence-corrected chi connectivity index (χ1v) is 8.08. The minimum absolute atomic E-state index is 0.678. The summed E-state index contributed by atoms with van der Waals surface area (Å²) in [6.45, 7) is 6.41. The van der Waals surface area contributed by atoms with Gasteiger partial charge < -0.3 is 10.2 Å². The quantitative estimate of drug-likeness (QED) is 0.788. The van der Waals surface area contributed by atoms with Gasteiger partial charge in [0.15, 0.2) is 0 Å². The molecule has 0 amide bonds. The first kappa shape index (κ1) is 14.6. The molecular weight excluding hydrogens is 304 g/mol. The summed E-state index contributed by atoms with van der Waals surface area (Å²) in [6.07, 6.45) is 7.76. The third kappa shape index (κ3) is 3.81. The first-order valence-electron chi connectivity index (χ1n) is 7.28. The number of aromatic nitrogens is 2. The Bertz CT molecular complexity index is 406. The molecule has 0 aliphatic heterocycles. The summed E-state index contributed by atoms with van der Waals surface area (Å²) in [7, 11) is 0. The van der Waals surface area contributed by atoms with Gasteiger partial charge in [-0.25, -0.2) is 9.97 Å². The molecule has 0 unspecified atom stereocenters. The monoisotopic (exact) mass is 326 g/mol. The van der Waals surface area contributed by atoms with E-state index >= 15 is 0 Å². The summed E-state index contributed by atoms with van der Waals surface area (Å²) in [5.41, 5.74) is 0. The van der Waals surface area contributed by atoms with Crippen LogP contribution in [0.15, 0.2) is 10.8 Å². The van der Waals surface area contributed by atoms with Crippen LogP contribution < -0.4 is 10.2 Å². The molecule has 0 atom stereocenters. The maximum Gasteiger partial charge on any atom is 0.148 e. The summed E-state index contributed by atoms with van der Waals surface area (Å²) in [5, 5.41) is 3.35. The topological polar surface area (TPSA) is 41.1 Å². The van der Waals surface area contributed by atoms with Crippen LogP contribution in [0.5, 0.6) is 0 Å². The van der Waals surface area contributed by atoms with Gasteiger partial charge in [-0.2, -0.15) is 0 Å². The molecule has 1 saturated carbocycles. The van der Waals surface area contributed by atoms with Crippen molar-refractivity contribution in [1.29, 1.82) is 0 Å². The van der Waals surface area contributed by atoms with Crippen molar-refractivity contribution in [1.82, 2.24) is 9.97 Å². The van der Waals surface area contributed by atoms with E-state index in [1.807, 2.05) is 0 Å². The van der Waals surface area contributed by atoms with E-state index in [0.717, 1.165) is 35.6 Å². The van der Waals surface area contributed by atoms with Crippen molar-refractivity contribution >= 4 is 27.6 Å². The normalized spacial score (nSPS) is 14.5. The number of halogens is 1. The highest BCUT2D eigenvalue weighted by Gasteiger charge is 2.31. The van der Waals surface area contributed by atoms with E-state index in [1.165, 1.54) is 25.7 Å². The molecule has 1 aromatic rings. The van der Waals surface area contributed by atoms with Crippen molar-refractivity contribution < 1.29 is 0 Å². The van der Waals surface area contributed by atoms with Crippen LogP contribution in [-0.4, -0.2) is 29.1 Å². The maximum atomic E-state index is 4.49. The molecule has 2 rings (SSSR count). The molecule has 4 nitrogen and oxygen atoms in total. The molecular formula is C14H23BrN4. The van der Waals surface area contributed by atoms with Gasteiger partial charge in [-0.05, 0) is 41.6 Å². The van der Waals surface area contributed by atoms with Gasteiger partial charge in [0.25, 0.3) is 0 Å². The molecule has 0 saturated heterocycles. The fraction of sp³-hybridized carbons (Fsp3) is 0.714. The second-order valence-electron chi connectivity index (χ2n) is 5.06. The lowest BCUT2D eigenvalue weighted by Crippen LogP contribution is -2.28. The lowest BCUT2D eigenvalue weighted by Gasteiger charge is -2.25. The molecule has 5 heteroatoms. The summed E-state index contributed by atoms with van der Waals surface area (Å²) in [5.74, 6) is 1.96. The predicted octanol–water partition coefficient (Wildman–Crippen LogP) is 3.83. The largest absolute Gasteiger partial charge is 0.369 e. The summed E-state index contributed by atoms with van der Waals surface area (Å²) >= 11 is 3.67. The predicted molar refractivity (Wildman–Crippen MR) is 83.8 cm³/mol. The van der Waals surface area contributed by atoms with Crippen LogP contribution in [-0.2, 0) is 0 Å². The smallest absolute Gasteiger partial charge is 0.148 e. The molecule has 1 fully saturated rings. The Morgan fingerprint density at radius 3 is 2.74 bits per heavy atom. The fourth-order valence-corrected chi connectivity index (χ4v) is 2.68. The van der Waals surface area contributed by atoms with Gasteiger partial charge in [-0.15, -0.1) is 0 Å². The van der Waals surface area contributed by atoms with Crippen molar-refractivity contribution in [3.8, 4) is 0 Å². The molecule has 0 aromatic carbocycles. The lowest BCUT2D eigenvalue weighted by atomic mass is 10.3. The second-order valence-corrected chi connectivity index (χ2v) is 5.86. The van der Waals surface area contributed by atoms with E-state index in [0.29, 0.717) is 6.04 Å². The van der Waals surface area contributed by atoms with Crippen LogP contribution in [0.3, 0.4) is 0 Å². The van der Waals surface area contributed by atoms with Gasteiger partial charge in [0.05, 0.1) is 0 Å². The van der Waals surface area contributed by atoms with Crippen molar-refractivity contribution in [2.75, 3.05) is 23.3 Å². The third-order valence-electron chi connectivity index (χ3n) is 3.33. The zero-order valence-corrected chi connectivity index (χ0v) is 13.4. The Kier molecular flexibility index (Phi) is 5.43. The number of rotatable bonds is 8. The average molecular weight is 327 g/mol. The zero-order valence-electron chi connectivity index (χ0n) is 11.8. The van der Waals surface area contributed by atoms with Gasteiger partial charge in [0.1, 0.15) is 22.4 Å². The van der Waals surface area contributed by atoms with Crippen LogP contribution >= 0.6 is 15.9 Å². The van der Waals surface area contributed by atoms with Crippen LogP contribution in [0.25, 0.3) is 0 Å².